The maximum atomic E-state index is 14.4. The molecule has 1 aliphatic rings. The SMILES string of the molecule is O=C1C(O)(c2ccccc2)c2ccccc2C1(c1ccccc1)c1ccccc1. The van der Waals surface area contributed by atoms with Crippen LogP contribution in [0.15, 0.2) is 115 Å². The number of benzene rings is 4. The van der Waals surface area contributed by atoms with E-state index in [4.69, 9.17) is 0 Å². The monoisotopic (exact) mass is 376 g/mol. The minimum absolute atomic E-state index is 0.241. The van der Waals surface area contributed by atoms with Crippen LogP contribution in [-0.2, 0) is 15.8 Å². The van der Waals surface area contributed by atoms with E-state index in [9.17, 15) is 9.90 Å². The maximum absolute atomic E-state index is 14.4. The Balaban J connectivity index is 1.92. The molecule has 1 aliphatic carbocycles. The van der Waals surface area contributed by atoms with Crippen LogP contribution in [0.5, 0.6) is 0 Å². The third-order valence-electron chi connectivity index (χ3n) is 6.00. The van der Waals surface area contributed by atoms with Crippen LogP contribution in [0.4, 0.5) is 0 Å². The van der Waals surface area contributed by atoms with E-state index in [-0.39, 0.29) is 5.78 Å². The molecule has 4 aromatic carbocycles. The fourth-order valence-electron chi connectivity index (χ4n) is 4.72. The van der Waals surface area contributed by atoms with E-state index >= 15 is 0 Å². The number of fused-ring (bicyclic) bond motifs is 1. The van der Waals surface area contributed by atoms with Crippen LogP contribution in [0.3, 0.4) is 0 Å². The summed E-state index contributed by atoms with van der Waals surface area (Å²) in [5, 5.41) is 12.0. The van der Waals surface area contributed by atoms with E-state index in [1.807, 2.05) is 115 Å². The number of carbonyl (C=O) groups is 1. The van der Waals surface area contributed by atoms with Gasteiger partial charge in [0.25, 0.3) is 0 Å². The lowest BCUT2D eigenvalue weighted by atomic mass is 9.68. The number of carbonyl (C=O) groups excluding carboxylic acids is 1. The lowest BCUT2D eigenvalue weighted by Gasteiger charge is -2.32. The Bertz CT molecular complexity index is 1130. The largest absolute Gasteiger partial charge is 0.373 e. The Morgan fingerprint density at radius 2 is 0.862 bits per heavy atom. The van der Waals surface area contributed by atoms with Crippen LogP contribution in [0.1, 0.15) is 27.8 Å². The van der Waals surface area contributed by atoms with Crippen molar-refractivity contribution in [2.45, 2.75) is 11.0 Å². The van der Waals surface area contributed by atoms with Crippen molar-refractivity contribution in [2.75, 3.05) is 0 Å². The van der Waals surface area contributed by atoms with Gasteiger partial charge in [-0.15, -0.1) is 0 Å². The summed E-state index contributed by atoms with van der Waals surface area (Å²) in [4.78, 5) is 14.4. The molecule has 0 aliphatic heterocycles. The van der Waals surface area contributed by atoms with E-state index in [1.54, 1.807) is 0 Å². The molecule has 0 fully saturated rings. The second kappa shape index (κ2) is 6.54. The van der Waals surface area contributed by atoms with Crippen LogP contribution >= 0.6 is 0 Å². The molecule has 0 radical (unpaired) electrons. The zero-order chi connectivity index (χ0) is 19.9. The smallest absolute Gasteiger partial charge is 0.192 e. The van der Waals surface area contributed by atoms with Crippen molar-refractivity contribution < 1.29 is 9.90 Å². The summed E-state index contributed by atoms with van der Waals surface area (Å²) in [6.07, 6.45) is 0. The number of hydrogen-bond acceptors (Lipinski definition) is 2. The third-order valence-corrected chi connectivity index (χ3v) is 6.00. The number of ketones is 1. The van der Waals surface area contributed by atoms with Crippen LogP contribution in [0, 0.1) is 0 Å². The van der Waals surface area contributed by atoms with Crippen LogP contribution in [-0.4, -0.2) is 10.9 Å². The Hall–Kier alpha value is -3.49. The Labute approximate surface area is 170 Å². The molecular weight excluding hydrogens is 356 g/mol. The van der Waals surface area contributed by atoms with Crippen LogP contribution in [0.2, 0.25) is 0 Å². The van der Waals surface area contributed by atoms with Gasteiger partial charge >= 0.3 is 0 Å². The first-order valence-corrected chi connectivity index (χ1v) is 9.74. The standard InChI is InChI=1S/C27H20O2/c28-25-26(20-12-4-1-5-13-20,21-14-6-2-7-15-21)23-18-10-11-19-24(23)27(25,29)22-16-8-3-9-17-22/h1-19,29H. The molecule has 0 saturated heterocycles. The average Bonchev–Trinajstić information content (AvgIpc) is 3.01. The number of aliphatic hydroxyl groups is 1. The lowest BCUT2D eigenvalue weighted by Crippen LogP contribution is -2.44. The molecule has 2 nitrogen and oxygen atoms in total. The highest BCUT2D eigenvalue weighted by Crippen LogP contribution is 2.54. The van der Waals surface area contributed by atoms with Gasteiger partial charge in [0.15, 0.2) is 11.4 Å². The molecule has 1 N–H and O–H groups in total. The quantitative estimate of drug-likeness (QED) is 0.556. The zero-order valence-electron chi connectivity index (χ0n) is 15.8. The van der Waals surface area contributed by atoms with Gasteiger partial charge in [0.2, 0.25) is 0 Å². The highest BCUT2D eigenvalue weighted by atomic mass is 16.3. The molecular formula is C27H20O2. The maximum Gasteiger partial charge on any atom is 0.192 e. The van der Waals surface area contributed by atoms with Crippen molar-refractivity contribution >= 4 is 5.78 Å². The molecule has 5 rings (SSSR count). The summed E-state index contributed by atoms with van der Waals surface area (Å²) < 4.78 is 0. The second-order valence-corrected chi connectivity index (χ2v) is 7.43. The van der Waals surface area contributed by atoms with Gasteiger partial charge in [-0.3, -0.25) is 4.79 Å². The Morgan fingerprint density at radius 3 is 1.34 bits per heavy atom. The number of rotatable bonds is 3. The number of Topliss-reactive ketones (excluding diaryl/α,β-unsaturated/α-hetero) is 1. The van der Waals surface area contributed by atoms with Crippen LogP contribution in [0.25, 0.3) is 0 Å². The van der Waals surface area contributed by atoms with E-state index in [1.165, 1.54) is 0 Å². The fourth-order valence-corrected chi connectivity index (χ4v) is 4.72. The molecule has 1 atom stereocenters. The van der Waals surface area contributed by atoms with E-state index < -0.39 is 11.0 Å². The second-order valence-electron chi connectivity index (χ2n) is 7.43. The first-order chi connectivity index (χ1) is 14.2. The highest BCUT2D eigenvalue weighted by molar-refractivity contribution is 6.10. The Morgan fingerprint density at radius 1 is 0.483 bits per heavy atom. The number of hydrogen-bond donors (Lipinski definition) is 1. The molecule has 29 heavy (non-hydrogen) atoms. The fraction of sp³-hybridized carbons (Fsp3) is 0.0741. The Kier molecular flexibility index (Phi) is 3.97. The van der Waals surface area contributed by atoms with Crippen molar-refractivity contribution in [1.82, 2.24) is 0 Å². The van der Waals surface area contributed by atoms with Gasteiger partial charge in [-0.05, 0) is 22.3 Å². The minimum atomic E-state index is -1.72. The van der Waals surface area contributed by atoms with Crippen molar-refractivity contribution in [3.63, 3.8) is 0 Å². The van der Waals surface area contributed by atoms with Gasteiger partial charge in [0.05, 0.1) is 0 Å². The molecule has 0 saturated carbocycles. The normalized spacial score (nSPS) is 19.7. The molecule has 4 aromatic rings. The van der Waals surface area contributed by atoms with Gasteiger partial charge in [-0.25, -0.2) is 0 Å². The van der Waals surface area contributed by atoms with Crippen molar-refractivity contribution in [3.05, 3.63) is 143 Å². The average molecular weight is 376 g/mol. The summed E-state index contributed by atoms with van der Waals surface area (Å²) in [7, 11) is 0. The van der Waals surface area contributed by atoms with Crippen LogP contribution < -0.4 is 0 Å². The van der Waals surface area contributed by atoms with Gasteiger partial charge < -0.3 is 5.11 Å². The predicted molar refractivity (Wildman–Crippen MR) is 114 cm³/mol. The van der Waals surface area contributed by atoms with E-state index in [0.29, 0.717) is 11.1 Å². The third kappa shape index (κ3) is 2.30. The molecule has 140 valence electrons. The summed E-state index contributed by atoms with van der Waals surface area (Å²) in [6, 6.07) is 36.4. The molecule has 0 aromatic heterocycles. The highest BCUT2D eigenvalue weighted by Gasteiger charge is 2.61. The molecule has 1 unspecified atom stereocenters. The van der Waals surface area contributed by atoms with Gasteiger partial charge in [-0.1, -0.05) is 115 Å². The lowest BCUT2D eigenvalue weighted by molar-refractivity contribution is -0.135. The van der Waals surface area contributed by atoms with Crippen molar-refractivity contribution in [2.24, 2.45) is 0 Å². The first kappa shape index (κ1) is 17.6. The molecule has 0 bridgehead atoms. The minimum Gasteiger partial charge on any atom is -0.373 e. The van der Waals surface area contributed by atoms with Crippen molar-refractivity contribution in [3.8, 4) is 0 Å². The molecule has 0 heterocycles. The molecule has 0 amide bonds. The van der Waals surface area contributed by atoms with Crippen molar-refractivity contribution in [1.29, 1.82) is 0 Å². The van der Waals surface area contributed by atoms with E-state index in [2.05, 4.69) is 0 Å². The summed E-state index contributed by atoms with van der Waals surface area (Å²) in [5.41, 5.74) is 0.975. The predicted octanol–water partition coefficient (Wildman–Crippen LogP) is 4.84. The zero-order valence-corrected chi connectivity index (χ0v) is 15.8. The topological polar surface area (TPSA) is 37.3 Å². The molecule has 2 heteroatoms. The summed E-state index contributed by atoms with van der Waals surface area (Å²) >= 11 is 0. The van der Waals surface area contributed by atoms with Gasteiger partial charge in [0, 0.05) is 5.56 Å². The summed E-state index contributed by atoms with van der Waals surface area (Å²) in [6.45, 7) is 0. The van der Waals surface area contributed by atoms with E-state index in [0.717, 1.165) is 16.7 Å². The van der Waals surface area contributed by atoms with Gasteiger partial charge in [-0.2, -0.15) is 0 Å². The molecule has 0 spiro atoms. The first-order valence-electron chi connectivity index (χ1n) is 9.74. The van der Waals surface area contributed by atoms with Gasteiger partial charge in [0.1, 0.15) is 5.41 Å². The summed E-state index contributed by atoms with van der Waals surface area (Å²) in [5.74, 6) is -0.241.